The molecule has 0 saturated heterocycles. The predicted octanol–water partition coefficient (Wildman–Crippen LogP) is 1.77. The summed E-state index contributed by atoms with van der Waals surface area (Å²) < 4.78 is 0.691. The molecule has 0 aliphatic carbocycles. The fourth-order valence-corrected chi connectivity index (χ4v) is 2.21. The quantitative estimate of drug-likeness (QED) is 0.750. The molecule has 72 valence electrons. The van der Waals surface area contributed by atoms with Crippen molar-refractivity contribution in [1.29, 1.82) is 0 Å². The first-order valence-corrected chi connectivity index (χ1v) is 4.85. The summed E-state index contributed by atoms with van der Waals surface area (Å²) in [5.74, 6) is -0.464. The van der Waals surface area contributed by atoms with Crippen molar-refractivity contribution in [2.75, 3.05) is 5.32 Å². The van der Waals surface area contributed by atoms with Crippen LogP contribution in [0.4, 0.5) is 5.69 Å². The summed E-state index contributed by atoms with van der Waals surface area (Å²) in [7, 11) is 0. The van der Waals surface area contributed by atoms with Crippen LogP contribution in [0.5, 0.6) is 0 Å². The molecule has 0 saturated carbocycles. The number of amides is 1. The Labute approximate surface area is 89.6 Å². The molecule has 14 heavy (non-hydrogen) atoms. The number of fused-ring (bicyclic) bond motifs is 1. The molecule has 0 bridgehead atoms. The number of hydrogen-bond acceptors (Lipinski definition) is 2. The largest absolute Gasteiger partial charge is 0.372 e. The molecule has 1 aliphatic heterocycles. The lowest BCUT2D eigenvalue weighted by atomic mass is 9.96. The van der Waals surface area contributed by atoms with Crippen molar-refractivity contribution in [2.24, 2.45) is 0 Å². The number of halogens is 1. The van der Waals surface area contributed by atoms with E-state index in [9.17, 15) is 9.90 Å². The minimum Gasteiger partial charge on any atom is -0.372 e. The highest BCUT2D eigenvalue weighted by molar-refractivity contribution is 9.10. The van der Waals surface area contributed by atoms with Crippen LogP contribution >= 0.6 is 15.9 Å². The van der Waals surface area contributed by atoms with Gasteiger partial charge < -0.3 is 10.4 Å². The molecule has 1 amide bonds. The minimum absolute atomic E-state index is 0.464. The zero-order valence-corrected chi connectivity index (χ0v) is 8.84. The second kappa shape index (κ2) is 2.93. The van der Waals surface area contributed by atoms with Gasteiger partial charge in [0, 0.05) is 15.7 Å². The Morgan fingerprint density at radius 3 is 2.93 bits per heavy atom. The average molecular weight is 254 g/mol. The maximum absolute atomic E-state index is 11.5. The third-order valence-electron chi connectivity index (χ3n) is 2.28. The van der Waals surface area contributed by atoms with Gasteiger partial charge in [0.05, 0.1) is 0 Å². The molecule has 0 fully saturated rings. The van der Waals surface area contributed by atoms with Crippen LogP contribution < -0.4 is 5.32 Å². The lowest BCUT2D eigenvalue weighted by molar-refractivity contribution is -0.129. The first-order valence-electron chi connectivity index (χ1n) is 4.06. The van der Waals surface area contributed by atoms with Gasteiger partial charge in [0.1, 0.15) is 0 Å². The minimum atomic E-state index is -1.62. The van der Waals surface area contributed by atoms with E-state index in [1.54, 1.807) is 18.2 Å². The number of benzene rings is 1. The summed E-state index contributed by atoms with van der Waals surface area (Å²) in [4.78, 5) is 11.5. The maximum Gasteiger partial charge on any atom is 0.265 e. The standard InChI is InChI=1S/C10H8BrNO2/c1-2-10(14)8-6(11)4-3-5-7(8)12-9(10)13/h2-5,14H,1H2,(H,12,13). The highest BCUT2D eigenvalue weighted by Gasteiger charge is 2.43. The van der Waals surface area contributed by atoms with Crippen LogP contribution in [0.25, 0.3) is 0 Å². The lowest BCUT2D eigenvalue weighted by Gasteiger charge is -2.16. The second-order valence-corrected chi connectivity index (χ2v) is 3.94. The number of rotatable bonds is 1. The van der Waals surface area contributed by atoms with Gasteiger partial charge in [-0.25, -0.2) is 0 Å². The zero-order valence-electron chi connectivity index (χ0n) is 7.25. The molecular formula is C10H8BrNO2. The van der Waals surface area contributed by atoms with Crippen LogP contribution in [0.3, 0.4) is 0 Å². The molecular weight excluding hydrogens is 246 g/mol. The van der Waals surface area contributed by atoms with Crippen LogP contribution in [0, 0.1) is 0 Å². The molecule has 0 spiro atoms. The molecule has 0 aromatic heterocycles. The molecule has 2 rings (SSSR count). The van der Waals surface area contributed by atoms with Crippen LogP contribution in [0.1, 0.15) is 5.56 Å². The summed E-state index contributed by atoms with van der Waals surface area (Å²) in [5, 5.41) is 12.6. The molecule has 0 radical (unpaired) electrons. The van der Waals surface area contributed by atoms with Gasteiger partial charge in [-0.15, -0.1) is 0 Å². The third kappa shape index (κ3) is 1.04. The van der Waals surface area contributed by atoms with Crippen LogP contribution in [-0.4, -0.2) is 11.0 Å². The van der Waals surface area contributed by atoms with E-state index >= 15 is 0 Å². The van der Waals surface area contributed by atoms with Gasteiger partial charge in [-0.1, -0.05) is 28.6 Å². The van der Waals surface area contributed by atoms with Crippen LogP contribution in [0.15, 0.2) is 35.3 Å². The summed E-state index contributed by atoms with van der Waals surface area (Å²) in [6.45, 7) is 3.47. The number of carbonyl (C=O) groups excluding carboxylic acids is 1. The fraction of sp³-hybridized carbons (Fsp3) is 0.100. The highest BCUT2D eigenvalue weighted by atomic mass is 79.9. The van der Waals surface area contributed by atoms with Gasteiger partial charge in [0.2, 0.25) is 0 Å². The molecule has 1 aromatic carbocycles. The lowest BCUT2D eigenvalue weighted by Crippen LogP contribution is -2.31. The molecule has 2 N–H and O–H groups in total. The van der Waals surface area contributed by atoms with Gasteiger partial charge in [0.25, 0.3) is 5.91 Å². The smallest absolute Gasteiger partial charge is 0.265 e. The summed E-state index contributed by atoms with van der Waals surface area (Å²) >= 11 is 3.29. The monoisotopic (exact) mass is 253 g/mol. The van der Waals surface area contributed by atoms with E-state index in [2.05, 4.69) is 27.8 Å². The van der Waals surface area contributed by atoms with Gasteiger partial charge in [-0.3, -0.25) is 4.79 Å². The molecule has 1 heterocycles. The Morgan fingerprint density at radius 2 is 2.29 bits per heavy atom. The third-order valence-corrected chi connectivity index (χ3v) is 2.95. The molecule has 1 aliphatic rings. The first-order chi connectivity index (χ1) is 6.59. The second-order valence-electron chi connectivity index (χ2n) is 3.09. The van der Waals surface area contributed by atoms with Crippen molar-refractivity contribution < 1.29 is 9.90 Å². The van der Waals surface area contributed by atoms with Gasteiger partial charge >= 0.3 is 0 Å². The Balaban J connectivity index is 2.73. The molecule has 1 aromatic rings. The van der Waals surface area contributed by atoms with E-state index < -0.39 is 11.5 Å². The van der Waals surface area contributed by atoms with Crippen molar-refractivity contribution >= 4 is 27.5 Å². The summed E-state index contributed by atoms with van der Waals surface area (Å²) in [5.41, 5.74) is -0.470. The Hall–Kier alpha value is -1.13. The van der Waals surface area contributed by atoms with Gasteiger partial charge in [-0.2, -0.15) is 0 Å². The normalized spacial score (nSPS) is 24.3. The van der Waals surface area contributed by atoms with Crippen molar-refractivity contribution in [3.05, 3.63) is 40.9 Å². The van der Waals surface area contributed by atoms with E-state index in [0.29, 0.717) is 15.7 Å². The van der Waals surface area contributed by atoms with E-state index in [1.165, 1.54) is 6.08 Å². The van der Waals surface area contributed by atoms with E-state index in [-0.39, 0.29) is 0 Å². The fourth-order valence-electron chi connectivity index (χ4n) is 1.54. The number of nitrogens with one attached hydrogen (secondary N) is 1. The first kappa shape index (κ1) is 9.43. The molecule has 1 atom stereocenters. The van der Waals surface area contributed by atoms with Crippen LogP contribution in [-0.2, 0) is 10.4 Å². The van der Waals surface area contributed by atoms with Crippen LogP contribution in [0.2, 0.25) is 0 Å². The van der Waals surface area contributed by atoms with E-state index in [0.717, 1.165) is 0 Å². The summed E-state index contributed by atoms with van der Waals surface area (Å²) in [6.07, 6.45) is 1.24. The Bertz CT molecular complexity index is 430. The van der Waals surface area contributed by atoms with Crippen molar-refractivity contribution in [2.45, 2.75) is 5.60 Å². The van der Waals surface area contributed by atoms with Crippen molar-refractivity contribution in [1.82, 2.24) is 0 Å². The van der Waals surface area contributed by atoms with Gasteiger partial charge in [0.15, 0.2) is 5.60 Å². The number of hydrogen-bond donors (Lipinski definition) is 2. The molecule has 1 unspecified atom stereocenters. The van der Waals surface area contributed by atoms with Crippen molar-refractivity contribution in [3.8, 4) is 0 Å². The zero-order chi connectivity index (χ0) is 10.3. The Kier molecular flexibility index (Phi) is 1.97. The Morgan fingerprint density at radius 1 is 1.57 bits per heavy atom. The highest BCUT2D eigenvalue weighted by Crippen LogP contribution is 2.41. The number of aliphatic hydroxyl groups is 1. The maximum atomic E-state index is 11.5. The predicted molar refractivity (Wildman–Crippen MR) is 56.9 cm³/mol. The topological polar surface area (TPSA) is 49.3 Å². The van der Waals surface area contributed by atoms with E-state index in [4.69, 9.17) is 0 Å². The van der Waals surface area contributed by atoms with E-state index in [1.807, 2.05) is 0 Å². The van der Waals surface area contributed by atoms with Crippen molar-refractivity contribution in [3.63, 3.8) is 0 Å². The average Bonchev–Trinajstić information content (AvgIpc) is 2.41. The van der Waals surface area contributed by atoms with Gasteiger partial charge in [-0.05, 0) is 18.2 Å². The molecule has 4 heteroatoms. The number of carbonyl (C=O) groups is 1. The SMILES string of the molecule is C=CC1(O)C(=O)Nc2cccc(Br)c21. The molecule has 3 nitrogen and oxygen atoms in total. The number of anilines is 1. The summed E-state index contributed by atoms with van der Waals surface area (Å²) in [6, 6.07) is 5.30.